The highest BCUT2D eigenvalue weighted by molar-refractivity contribution is 6.44. The molecular weight excluding hydrogens is 529 g/mol. The summed E-state index contributed by atoms with van der Waals surface area (Å²) < 4.78 is 26.7. The van der Waals surface area contributed by atoms with Gasteiger partial charge in [-0.25, -0.2) is 9.40 Å². The lowest BCUT2D eigenvalue weighted by Crippen LogP contribution is -2.38. The van der Waals surface area contributed by atoms with Crippen molar-refractivity contribution in [3.8, 4) is 11.5 Å². The van der Waals surface area contributed by atoms with Crippen molar-refractivity contribution < 1.29 is 18.7 Å². The third kappa shape index (κ3) is 4.94. The van der Waals surface area contributed by atoms with E-state index < -0.39 is 6.17 Å². The van der Waals surface area contributed by atoms with Crippen LogP contribution in [0.4, 0.5) is 15.8 Å². The number of rotatable bonds is 8. The van der Waals surface area contributed by atoms with Crippen LogP contribution in [0.15, 0.2) is 114 Å². The molecule has 0 saturated carbocycles. The lowest BCUT2D eigenvalue weighted by atomic mass is 10.0. The van der Waals surface area contributed by atoms with Crippen molar-refractivity contribution in [1.29, 1.82) is 0 Å². The highest BCUT2D eigenvalue weighted by Crippen LogP contribution is 2.46. The van der Waals surface area contributed by atoms with E-state index in [1.54, 1.807) is 31.4 Å². The van der Waals surface area contributed by atoms with E-state index in [0.717, 1.165) is 27.7 Å². The number of Topliss-reactive ketones (excluding diaryl/α,β-unsaturated/α-hetero) is 1. The van der Waals surface area contributed by atoms with Crippen LogP contribution in [0, 0.1) is 12.7 Å². The number of halogens is 1. The van der Waals surface area contributed by atoms with Crippen LogP contribution in [0.25, 0.3) is 10.8 Å². The average Bonchev–Trinajstić information content (AvgIpc) is 3.41. The van der Waals surface area contributed by atoms with Gasteiger partial charge in [0.1, 0.15) is 12.4 Å². The number of aryl methyl sites for hydroxylation is 1. The molecule has 0 aromatic heterocycles. The Morgan fingerprint density at radius 2 is 1.60 bits per heavy atom. The number of ketones is 1. The summed E-state index contributed by atoms with van der Waals surface area (Å²) in [7, 11) is 1.57. The minimum absolute atomic E-state index is 0.00795. The van der Waals surface area contributed by atoms with Crippen molar-refractivity contribution >= 4 is 33.8 Å². The van der Waals surface area contributed by atoms with Crippen molar-refractivity contribution in [2.75, 3.05) is 17.0 Å². The molecule has 1 atom stereocenters. The van der Waals surface area contributed by atoms with Gasteiger partial charge in [-0.3, -0.25) is 9.69 Å². The third-order valence-electron chi connectivity index (χ3n) is 7.38. The lowest BCUT2D eigenvalue weighted by molar-refractivity contribution is -0.111. The second kappa shape index (κ2) is 11.4. The molecule has 0 amide bonds. The molecule has 42 heavy (non-hydrogen) atoms. The van der Waals surface area contributed by atoms with Gasteiger partial charge in [0.25, 0.3) is 0 Å². The summed E-state index contributed by atoms with van der Waals surface area (Å²) in [6, 6.07) is 34.2. The number of benzene rings is 5. The Morgan fingerprint density at radius 1 is 0.881 bits per heavy atom. The molecule has 0 fully saturated rings. The van der Waals surface area contributed by atoms with Crippen molar-refractivity contribution in [1.82, 2.24) is 0 Å². The van der Waals surface area contributed by atoms with Crippen LogP contribution in [0.3, 0.4) is 0 Å². The topological polar surface area (TPSA) is 54.4 Å². The number of hydrogen-bond acceptors (Lipinski definition) is 6. The summed E-state index contributed by atoms with van der Waals surface area (Å²) in [6.07, 6.45) is -0.622. The lowest BCUT2D eigenvalue weighted by Gasteiger charge is -2.34. The first-order valence-corrected chi connectivity index (χ1v) is 13.7. The molecule has 1 aliphatic heterocycles. The summed E-state index contributed by atoms with van der Waals surface area (Å²) >= 11 is 0. The molecule has 0 saturated heterocycles. The summed E-state index contributed by atoms with van der Waals surface area (Å²) in [5.74, 6) is 0.687. The van der Waals surface area contributed by atoms with Gasteiger partial charge in [-0.05, 0) is 42.6 Å². The Bertz CT molecular complexity index is 1800. The van der Waals surface area contributed by atoms with Gasteiger partial charge in [0.15, 0.2) is 29.3 Å². The number of methoxy groups -OCH3 is 1. The van der Waals surface area contributed by atoms with E-state index in [0.29, 0.717) is 28.5 Å². The number of carbonyl (C=O) groups excluding carboxylic acids is 1. The van der Waals surface area contributed by atoms with Gasteiger partial charge < -0.3 is 9.47 Å². The van der Waals surface area contributed by atoms with Crippen molar-refractivity contribution in [2.45, 2.75) is 26.6 Å². The predicted octanol–water partition coefficient (Wildman–Crippen LogP) is 7.80. The van der Waals surface area contributed by atoms with Crippen molar-refractivity contribution in [3.05, 3.63) is 132 Å². The molecule has 5 aromatic rings. The van der Waals surface area contributed by atoms with Gasteiger partial charge >= 0.3 is 0 Å². The Hall–Kier alpha value is -5.17. The van der Waals surface area contributed by atoms with Crippen LogP contribution in [0.5, 0.6) is 11.5 Å². The average molecular weight is 560 g/mol. The zero-order chi connectivity index (χ0) is 29.2. The number of amidine groups is 1. The van der Waals surface area contributed by atoms with Crippen molar-refractivity contribution in [3.63, 3.8) is 0 Å². The number of para-hydroxylation sites is 1. The molecule has 7 heteroatoms. The highest BCUT2D eigenvalue weighted by Gasteiger charge is 2.41. The van der Waals surface area contributed by atoms with Gasteiger partial charge in [0, 0.05) is 23.4 Å². The first kappa shape index (κ1) is 27.0. The minimum atomic E-state index is -0.622. The maximum atomic E-state index is 14.6. The van der Waals surface area contributed by atoms with E-state index in [2.05, 4.69) is 0 Å². The molecule has 5 aromatic carbocycles. The fourth-order valence-electron chi connectivity index (χ4n) is 5.32. The summed E-state index contributed by atoms with van der Waals surface area (Å²) in [5, 5.41) is 8.75. The highest BCUT2D eigenvalue weighted by atomic mass is 19.1. The molecule has 210 valence electrons. The van der Waals surface area contributed by atoms with Crippen molar-refractivity contribution in [2.24, 2.45) is 5.10 Å². The van der Waals surface area contributed by atoms with E-state index in [1.807, 2.05) is 95.7 Å². The number of ether oxygens (including phenoxy) is 2. The number of hydrogen-bond donors (Lipinski definition) is 0. The SMILES string of the molecule is COc1cccc([C@H]2N(c3ccc(C)cc3)N=C(C(C)=O)N2c2cccc3ccccc23)c1OCc1ccccc1F. The monoisotopic (exact) mass is 559 g/mol. The molecule has 0 radical (unpaired) electrons. The molecular formula is C35H30FN3O3. The number of hydrazone groups is 1. The molecule has 0 N–H and O–H groups in total. The molecule has 0 aliphatic carbocycles. The Balaban J connectivity index is 1.57. The summed E-state index contributed by atoms with van der Waals surface area (Å²) in [6.45, 7) is 3.54. The van der Waals surface area contributed by atoms with Gasteiger partial charge in [0.2, 0.25) is 0 Å². The second-order valence-corrected chi connectivity index (χ2v) is 10.2. The number of anilines is 2. The fourth-order valence-corrected chi connectivity index (χ4v) is 5.32. The maximum absolute atomic E-state index is 14.6. The normalized spacial score (nSPS) is 14.7. The molecule has 0 spiro atoms. The van der Waals surface area contributed by atoms with E-state index in [9.17, 15) is 9.18 Å². The van der Waals surface area contributed by atoms with Crippen LogP contribution in [-0.2, 0) is 11.4 Å². The van der Waals surface area contributed by atoms with E-state index in [1.165, 1.54) is 13.0 Å². The second-order valence-electron chi connectivity index (χ2n) is 10.2. The van der Waals surface area contributed by atoms with Crippen LogP contribution < -0.4 is 19.4 Å². The molecule has 1 heterocycles. The molecule has 0 bridgehead atoms. The Labute approximate surface area is 244 Å². The molecule has 6 rings (SSSR count). The summed E-state index contributed by atoms with van der Waals surface area (Å²) in [4.78, 5) is 15.2. The summed E-state index contributed by atoms with van der Waals surface area (Å²) in [5.41, 5.74) is 3.85. The maximum Gasteiger partial charge on any atom is 0.198 e. The van der Waals surface area contributed by atoms with E-state index in [4.69, 9.17) is 14.6 Å². The predicted molar refractivity (Wildman–Crippen MR) is 165 cm³/mol. The molecule has 6 nitrogen and oxygen atoms in total. The van der Waals surface area contributed by atoms with Crippen LogP contribution >= 0.6 is 0 Å². The van der Waals surface area contributed by atoms with Gasteiger partial charge in [0.05, 0.1) is 18.5 Å². The standard InChI is InChI=1S/C35H30FN3O3/c1-23-18-20-27(21-19-23)39-35(29-14-9-17-32(41-3)33(29)42-22-26-11-5-7-15-30(26)36)38(34(37-39)24(2)40)31-16-8-12-25-10-4-6-13-28(25)31/h4-21,35H,22H2,1-3H3/t35-/m1/s1. The van der Waals surface area contributed by atoms with Crippen LogP contribution in [-0.4, -0.2) is 18.7 Å². The third-order valence-corrected chi connectivity index (χ3v) is 7.38. The van der Waals surface area contributed by atoms with Crippen LogP contribution in [0.2, 0.25) is 0 Å². The van der Waals surface area contributed by atoms with Gasteiger partial charge in [-0.2, -0.15) is 0 Å². The van der Waals surface area contributed by atoms with E-state index >= 15 is 0 Å². The number of carbonyl (C=O) groups is 1. The van der Waals surface area contributed by atoms with Crippen LogP contribution in [0.1, 0.15) is 29.8 Å². The van der Waals surface area contributed by atoms with Gasteiger partial charge in [-0.15, -0.1) is 5.10 Å². The Morgan fingerprint density at radius 3 is 2.36 bits per heavy atom. The van der Waals surface area contributed by atoms with E-state index in [-0.39, 0.29) is 18.2 Å². The molecule has 1 aliphatic rings. The smallest absolute Gasteiger partial charge is 0.198 e. The quantitative estimate of drug-likeness (QED) is 0.194. The number of fused-ring (bicyclic) bond motifs is 1. The number of nitrogens with zero attached hydrogens (tertiary/aromatic N) is 3. The minimum Gasteiger partial charge on any atom is -0.493 e. The fraction of sp³-hybridized carbons (Fsp3) is 0.143. The zero-order valence-corrected chi connectivity index (χ0v) is 23.6. The van der Waals surface area contributed by atoms with Gasteiger partial charge in [-0.1, -0.05) is 84.4 Å². The molecule has 0 unspecified atom stereocenters. The Kier molecular flexibility index (Phi) is 7.32. The largest absolute Gasteiger partial charge is 0.493 e. The zero-order valence-electron chi connectivity index (χ0n) is 23.6. The first-order valence-electron chi connectivity index (χ1n) is 13.7. The first-order chi connectivity index (χ1) is 20.5.